The van der Waals surface area contributed by atoms with Crippen LogP contribution in [-0.2, 0) is 0 Å². The van der Waals surface area contributed by atoms with E-state index in [1.807, 2.05) is 48.5 Å². The first-order chi connectivity index (χ1) is 16.6. The van der Waals surface area contributed by atoms with E-state index in [1.165, 1.54) is 18.4 Å². The van der Waals surface area contributed by atoms with Gasteiger partial charge in [-0.15, -0.1) is 0 Å². The number of hydrogen-bond donors (Lipinski definition) is 1. The number of allylic oxidation sites excluding steroid dienone is 1. The van der Waals surface area contributed by atoms with E-state index < -0.39 is 10.8 Å². The van der Waals surface area contributed by atoms with E-state index in [9.17, 15) is 14.9 Å². The number of pyridine rings is 1. The first kappa shape index (κ1) is 22.3. The SMILES string of the molecule is COc1ccccc1-c1cc(C(=O)N/N=C\C=C\c2ccccc2[N+](=O)[O-])c2ccccc2n1. The van der Waals surface area contributed by atoms with Crippen LogP contribution in [-0.4, -0.2) is 29.1 Å². The molecule has 0 aliphatic heterocycles. The van der Waals surface area contributed by atoms with Gasteiger partial charge >= 0.3 is 0 Å². The molecule has 0 saturated carbocycles. The van der Waals surface area contributed by atoms with Crippen molar-refractivity contribution < 1.29 is 14.5 Å². The molecule has 168 valence electrons. The summed E-state index contributed by atoms with van der Waals surface area (Å²) in [4.78, 5) is 28.3. The Morgan fingerprint density at radius 2 is 1.79 bits per heavy atom. The maximum atomic E-state index is 13.0. The van der Waals surface area contributed by atoms with Gasteiger partial charge < -0.3 is 4.74 Å². The van der Waals surface area contributed by atoms with Crippen molar-refractivity contribution in [2.24, 2.45) is 5.10 Å². The smallest absolute Gasteiger partial charge is 0.276 e. The number of nitrogens with zero attached hydrogens (tertiary/aromatic N) is 3. The minimum absolute atomic E-state index is 0.0108. The van der Waals surface area contributed by atoms with Crippen LogP contribution in [0.4, 0.5) is 5.69 Å². The molecule has 0 unspecified atom stereocenters. The molecule has 1 N–H and O–H groups in total. The van der Waals surface area contributed by atoms with Crippen LogP contribution in [0.1, 0.15) is 15.9 Å². The molecule has 8 nitrogen and oxygen atoms in total. The van der Waals surface area contributed by atoms with E-state index in [0.29, 0.717) is 33.5 Å². The summed E-state index contributed by atoms with van der Waals surface area (Å²) in [6.07, 6.45) is 4.43. The minimum Gasteiger partial charge on any atom is -0.496 e. The summed E-state index contributed by atoms with van der Waals surface area (Å²) < 4.78 is 5.45. The Hall–Kier alpha value is -4.85. The summed E-state index contributed by atoms with van der Waals surface area (Å²) in [5, 5.41) is 15.7. The molecule has 0 aliphatic carbocycles. The number of rotatable bonds is 7. The summed E-state index contributed by atoms with van der Waals surface area (Å²) in [6.45, 7) is 0. The van der Waals surface area contributed by atoms with Gasteiger partial charge in [-0.2, -0.15) is 5.10 Å². The van der Waals surface area contributed by atoms with Crippen LogP contribution < -0.4 is 10.2 Å². The lowest BCUT2D eigenvalue weighted by Gasteiger charge is -2.11. The van der Waals surface area contributed by atoms with Crippen molar-refractivity contribution in [3.05, 3.63) is 106 Å². The Balaban J connectivity index is 1.60. The van der Waals surface area contributed by atoms with Gasteiger partial charge in [0.25, 0.3) is 11.6 Å². The van der Waals surface area contributed by atoms with Crippen LogP contribution >= 0.6 is 0 Å². The topological polar surface area (TPSA) is 107 Å². The Morgan fingerprint density at radius 1 is 1.06 bits per heavy atom. The van der Waals surface area contributed by atoms with E-state index in [0.717, 1.165) is 5.56 Å². The van der Waals surface area contributed by atoms with Crippen LogP contribution in [0.2, 0.25) is 0 Å². The first-order valence-electron chi connectivity index (χ1n) is 10.3. The molecule has 1 aromatic heterocycles. The maximum Gasteiger partial charge on any atom is 0.276 e. The molecular weight excluding hydrogens is 432 g/mol. The number of nitro groups is 1. The second-order valence-corrected chi connectivity index (χ2v) is 7.17. The Labute approximate surface area is 195 Å². The molecule has 8 heteroatoms. The van der Waals surface area contributed by atoms with Crippen molar-refractivity contribution in [3.8, 4) is 17.0 Å². The number of nitro benzene ring substituents is 1. The number of amides is 1. The predicted octanol–water partition coefficient (Wildman–Crippen LogP) is 5.25. The highest BCUT2D eigenvalue weighted by Gasteiger charge is 2.15. The number of hydrazone groups is 1. The maximum absolute atomic E-state index is 13.0. The highest BCUT2D eigenvalue weighted by atomic mass is 16.6. The average Bonchev–Trinajstić information content (AvgIpc) is 2.87. The van der Waals surface area contributed by atoms with Crippen molar-refractivity contribution in [2.75, 3.05) is 7.11 Å². The van der Waals surface area contributed by atoms with Gasteiger partial charge in [0.15, 0.2) is 0 Å². The molecule has 0 spiro atoms. The Bertz CT molecular complexity index is 1430. The molecule has 0 saturated heterocycles. The number of aromatic nitrogens is 1. The number of carbonyl (C=O) groups is 1. The fraction of sp³-hybridized carbons (Fsp3) is 0.0385. The van der Waals surface area contributed by atoms with Crippen molar-refractivity contribution in [2.45, 2.75) is 0 Å². The molecule has 1 amide bonds. The van der Waals surface area contributed by atoms with Crippen molar-refractivity contribution in [1.29, 1.82) is 0 Å². The molecule has 4 aromatic rings. The summed E-state index contributed by atoms with van der Waals surface area (Å²) in [5.74, 6) is 0.236. The van der Waals surface area contributed by atoms with E-state index in [2.05, 4.69) is 10.5 Å². The highest BCUT2D eigenvalue weighted by Crippen LogP contribution is 2.31. The van der Waals surface area contributed by atoms with Crippen LogP contribution in [0.15, 0.2) is 90.0 Å². The predicted molar refractivity (Wildman–Crippen MR) is 132 cm³/mol. The van der Waals surface area contributed by atoms with Crippen molar-refractivity contribution >= 4 is 34.8 Å². The molecule has 0 radical (unpaired) electrons. The van der Waals surface area contributed by atoms with E-state index in [1.54, 1.807) is 37.5 Å². The molecule has 3 aromatic carbocycles. The first-order valence-corrected chi connectivity index (χ1v) is 10.3. The summed E-state index contributed by atoms with van der Waals surface area (Å²) in [6, 6.07) is 22.9. The van der Waals surface area contributed by atoms with Crippen LogP contribution in [0.5, 0.6) is 5.75 Å². The van der Waals surface area contributed by atoms with Crippen molar-refractivity contribution in [3.63, 3.8) is 0 Å². The molecule has 34 heavy (non-hydrogen) atoms. The van der Waals surface area contributed by atoms with E-state index >= 15 is 0 Å². The number of carbonyl (C=O) groups excluding carboxylic acids is 1. The van der Waals surface area contributed by atoms with Gasteiger partial charge in [-0.1, -0.05) is 42.5 Å². The number of methoxy groups -OCH3 is 1. The number of nitrogens with one attached hydrogen (secondary N) is 1. The monoisotopic (exact) mass is 452 g/mol. The fourth-order valence-electron chi connectivity index (χ4n) is 3.50. The van der Waals surface area contributed by atoms with Gasteiger partial charge in [-0.3, -0.25) is 14.9 Å². The number of benzene rings is 3. The van der Waals surface area contributed by atoms with E-state index in [4.69, 9.17) is 9.72 Å². The third-order valence-corrected chi connectivity index (χ3v) is 5.08. The third kappa shape index (κ3) is 4.81. The van der Waals surface area contributed by atoms with Crippen LogP contribution in [0.25, 0.3) is 28.2 Å². The summed E-state index contributed by atoms with van der Waals surface area (Å²) in [7, 11) is 1.58. The van der Waals surface area contributed by atoms with Crippen molar-refractivity contribution in [1.82, 2.24) is 10.4 Å². The van der Waals surface area contributed by atoms with Gasteiger partial charge in [0.05, 0.1) is 34.4 Å². The molecule has 0 aliphatic rings. The zero-order chi connectivity index (χ0) is 23.9. The fourth-order valence-corrected chi connectivity index (χ4v) is 3.50. The van der Waals surface area contributed by atoms with Crippen LogP contribution in [0, 0.1) is 10.1 Å². The number of fused-ring (bicyclic) bond motifs is 1. The second kappa shape index (κ2) is 10.2. The quantitative estimate of drug-likeness (QED) is 0.234. The average molecular weight is 452 g/mol. The van der Waals surface area contributed by atoms with Gasteiger partial charge in [0.2, 0.25) is 0 Å². The zero-order valence-electron chi connectivity index (χ0n) is 18.2. The molecule has 0 bridgehead atoms. The number of para-hydroxylation sites is 3. The molecule has 4 rings (SSSR count). The minimum atomic E-state index is -0.452. The third-order valence-electron chi connectivity index (χ3n) is 5.08. The van der Waals surface area contributed by atoms with Crippen LogP contribution in [0.3, 0.4) is 0 Å². The lowest BCUT2D eigenvalue weighted by Crippen LogP contribution is -2.18. The van der Waals surface area contributed by atoms with Gasteiger partial charge in [0.1, 0.15) is 5.75 Å². The Morgan fingerprint density at radius 3 is 2.62 bits per heavy atom. The lowest BCUT2D eigenvalue weighted by molar-refractivity contribution is -0.385. The second-order valence-electron chi connectivity index (χ2n) is 7.17. The van der Waals surface area contributed by atoms with Gasteiger partial charge in [0, 0.05) is 23.2 Å². The molecule has 1 heterocycles. The molecular formula is C26H20N4O4. The molecule has 0 fully saturated rings. The largest absolute Gasteiger partial charge is 0.496 e. The summed E-state index contributed by atoms with van der Waals surface area (Å²) >= 11 is 0. The normalized spacial score (nSPS) is 11.2. The standard InChI is InChI=1S/C26H20N4O4/c1-34-25-15-7-4-12-20(25)23-17-21(19-11-3-5-13-22(19)28-23)26(31)29-27-16-8-10-18-9-2-6-14-24(18)30(32)33/h2-17H,1H3,(H,29,31)/b10-8+,27-16-. The highest BCUT2D eigenvalue weighted by molar-refractivity contribution is 6.07. The Kier molecular flexibility index (Phi) is 6.69. The van der Waals surface area contributed by atoms with E-state index in [-0.39, 0.29) is 5.69 Å². The van der Waals surface area contributed by atoms with Gasteiger partial charge in [-0.05, 0) is 42.5 Å². The molecule has 0 atom stereocenters. The summed E-state index contributed by atoms with van der Waals surface area (Å²) in [5.41, 5.74) is 5.37. The number of hydrogen-bond acceptors (Lipinski definition) is 6. The lowest BCUT2D eigenvalue weighted by atomic mass is 10.0. The number of ether oxygens (including phenoxy) is 1. The van der Waals surface area contributed by atoms with Gasteiger partial charge in [-0.25, -0.2) is 10.4 Å². The zero-order valence-corrected chi connectivity index (χ0v) is 18.2.